The number of hydrogen-bond acceptors (Lipinski definition) is 2. The van der Waals surface area contributed by atoms with Crippen LogP contribution in [-0.4, -0.2) is 19.4 Å². The fraction of sp³-hybridized carbons (Fsp3) is 0.667. The molecule has 0 aromatic carbocycles. The second kappa shape index (κ2) is 2.03. The van der Waals surface area contributed by atoms with Crippen molar-refractivity contribution in [2.75, 3.05) is 6.26 Å². The molecule has 0 aliphatic heterocycles. The zero-order valence-electron chi connectivity index (χ0n) is 5.80. The lowest BCUT2D eigenvalue weighted by Gasteiger charge is -2.13. The molecule has 0 amide bonds. The van der Waals surface area contributed by atoms with Crippen LogP contribution in [0.4, 0.5) is 0 Å². The van der Waals surface area contributed by atoms with Crippen molar-refractivity contribution in [3.63, 3.8) is 0 Å². The Morgan fingerprint density at radius 3 is 1.78 bits per heavy atom. The summed E-state index contributed by atoms with van der Waals surface area (Å²) in [5.41, 5.74) is 0. The van der Waals surface area contributed by atoms with E-state index in [0.29, 0.717) is 0 Å². The van der Waals surface area contributed by atoms with Crippen LogP contribution < -0.4 is 0 Å². The molecule has 0 saturated heterocycles. The first-order valence-electron chi connectivity index (χ1n) is 2.48. The molecule has 0 spiro atoms. The van der Waals surface area contributed by atoms with Gasteiger partial charge in [-0.25, -0.2) is 8.42 Å². The smallest absolute Gasteiger partial charge is 0.163 e. The largest absolute Gasteiger partial charge is 0.228 e. The zero-order valence-corrected chi connectivity index (χ0v) is 6.62. The molecule has 0 aromatic heterocycles. The molecule has 0 heterocycles. The first-order valence-corrected chi connectivity index (χ1v) is 4.38. The van der Waals surface area contributed by atoms with Gasteiger partial charge >= 0.3 is 0 Å². The number of sulfone groups is 1. The van der Waals surface area contributed by atoms with E-state index < -0.39 is 14.6 Å². The molecule has 0 aliphatic rings. The Morgan fingerprint density at radius 2 is 1.78 bits per heavy atom. The molecule has 0 fully saturated rings. The first-order chi connectivity index (χ1) is 3.81. The van der Waals surface area contributed by atoms with E-state index in [9.17, 15) is 8.42 Å². The summed E-state index contributed by atoms with van der Waals surface area (Å²) in [6.45, 7) is 3.00. The van der Waals surface area contributed by atoms with Crippen LogP contribution in [0, 0.1) is 12.3 Å². The van der Waals surface area contributed by atoms with Gasteiger partial charge in [-0.1, -0.05) is 5.92 Å². The van der Waals surface area contributed by atoms with Crippen LogP contribution in [0.2, 0.25) is 0 Å². The second-order valence-electron chi connectivity index (χ2n) is 2.43. The van der Waals surface area contributed by atoms with Gasteiger partial charge in [0.25, 0.3) is 0 Å². The van der Waals surface area contributed by atoms with Crippen molar-refractivity contribution in [1.82, 2.24) is 0 Å². The van der Waals surface area contributed by atoms with E-state index in [1.165, 1.54) is 13.8 Å². The van der Waals surface area contributed by atoms with Crippen LogP contribution in [0.25, 0.3) is 0 Å². The predicted molar refractivity (Wildman–Crippen MR) is 37.8 cm³/mol. The lowest BCUT2D eigenvalue weighted by Crippen LogP contribution is -2.28. The van der Waals surface area contributed by atoms with Gasteiger partial charge in [0.05, 0.1) is 0 Å². The SMILES string of the molecule is C#CC(C)(C)S(C)(=O)=O. The predicted octanol–water partition coefficient (Wildman–Crippen LogP) is 0.443. The minimum Gasteiger partial charge on any atom is -0.228 e. The first kappa shape index (κ1) is 8.51. The lowest BCUT2D eigenvalue weighted by molar-refractivity contribution is 0.581. The third kappa shape index (κ3) is 1.72. The molecule has 0 aromatic rings. The highest BCUT2D eigenvalue weighted by Crippen LogP contribution is 2.11. The average molecular weight is 146 g/mol. The Balaban J connectivity index is 4.85. The molecule has 3 heteroatoms. The molecule has 0 aliphatic carbocycles. The van der Waals surface area contributed by atoms with Crippen LogP contribution in [0.15, 0.2) is 0 Å². The van der Waals surface area contributed by atoms with Crippen molar-refractivity contribution in [3.8, 4) is 12.3 Å². The second-order valence-corrected chi connectivity index (χ2v) is 4.99. The molecule has 52 valence electrons. The van der Waals surface area contributed by atoms with Gasteiger partial charge in [-0.15, -0.1) is 6.42 Å². The molecular formula is C6H10O2S. The van der Waals surface area contributed by atoms with Gasteiger partial charge in [-0.05, 0) is 13.8 Å². The topological polar surface area (TPSA) is 34.1 Å². The zero-order chi connectivity index (χ0) is 7.71. The van der Waals surface area contributed by atoms with E-state index in [2.05, 4.69) is 5.92 Å². The van der Waals surface area contributed by atoms with Gasteiger partial charge in [-0.3, -0.25) is 0 Å². The van der Waals surface area contributed by atoms with Crippen molar-refractivity contribution in [2.45, 2.75) is 18.6 Å². The summed E-state index contributed by atoms with van der Waals surface area (Å²) in [5.74, 6) is 2.19. The van der Waals surface area contributed by atoms with Gasteiger partial charge in [0, 0.05) is 6.26 Å². The highest BCUT2D eigenvalue weighted by molar-refractivity contribution is 7.92. The van der Waals surface area contributed by atoms with E-state index in [1.54, 1.807) is 0 Å². The number of hydrogen-bond donors (Lipinski definition) is 0. The molecule has 0 rings (SSSR count). The minimum absolute atomic E-state index is 1.02. The molecule has 0 N–H and O–H groups in total. The van der Waals surface area contributed by atoms with Crippen molar-refractivity contribution in [1.29, 1.82) is 0 Å². The fourth-order valence-electron chi connectivity index (χ4n) is 0.107. The van der Waals surface area contributed by atoms with E-state index >= 15 is 0 Å². The normalized spacial score (nSPS) is 12.7. The Hall–Kier alpha value is -0.490. The number of rotatable bonds is 1. The van der Waals surface area contributed by atoms with Gasteiger partial charge < -0.3 is 0 Å². The molecule has 9 heavy (non-hydrogen) atoms. The van der Waals surface area contributed by atoms with E-state index in [-0.39, 0.29) is 0 Å². The summed E-state index contributed by atoms with van der Waals surface area (Å²) >= 11 is 0. The summed E-state index contributed by atoms with van der Waals surface area (Å²) in [6, 6.07) is 0. The fourth-order valence-corrected chi connectivity index (χ4v) is 0.321. The van der Waals surface area contributed by atoms with Crippen molar-refractivity contribution in [3.05, 3.63) is 0 Å². The molecule has 0 radical (unpaired) electrons. The summed E-state index contributed by atoms with van der Waals surface area (Å²) in [6.07, 6.45) is 6.10. The molecule has 0 saturated carbocycles. The van der Waals surface area contributed by atoms with Crippen molar-refractivity contribution in [2.24, 2.45) is 0 Å². The maximum absolute atomic E-state index is 10.7. The Labute approximate surface area is 56.2 Å². The monoisotopic (exact) mass is 146 g/mol. The van der Waals surface area contributed by atoms with E-state index in [1.807, 2.05) is 0 Å². The van der Waals surface area contributed by atoms with E-state index in [0.717, 1.165) is 6.26 Å². The highest BCUT2D eigenvalue weighted by atomic mass is 32.2. The highest BCUT2D eigenvalue weighted by Gasteiger charge is 2.26. The molecule has 0 atom stereocenters. The lowest BCUT2D eigenvalue weighted by atomic mass is 10.2. The van der Waals surface area contributed by atoms with Gasteiger partial charge in [-0.2, -0.15) is 0 Å². The Morgan fingerprint density at radius 1 is 1.44 bits per heavy atom. The van der Waals surface area contributed by atoms with Gasteiger partial charge in [0.1, 0.15) is 4.75 Å². The van der Waals surface area contributed by atoms with E-state index in [4.69, 9.17) is 6.42 Å². The average Bonchev–Trinajstić information content (AvgIpc) is 1.64. The van der Waals surface area contributed by atoms with Crippen LogP contribution in [0.3, 0.4) is 0 Å². The van der Waals surface area contributed by atoms with Crippen molar-refractivity contribution >= 4 is 9.84 Å². The van der Waals surface area contributed by atoms with Crippen LogP contribution in [0.5, 0.6) is 0 Å². The van der Waals surface area contributed by atoms with Crippen LogP contribution in [-0.2, 0) is 9.84 Å². The molecule has 0 unspecified atom stereocenters. The molecular weight excluding hydrogens is 136 g/mol. The van der Waals surface area contributed by atoms with Crippen molar-refractivity contribution < 1.29 is 8.42 Å². The number of terminal acetylenes is 1. The van der Waals surface area contributed by atoms with Crippen LogP contribution >= 0.6 is 0 Å². The summed E-state index contributed by atoms with van der Waals surface area (Å²) in [5, 5.41) is 0. The maximum atomic E-state index is 10.7. The van der Waals surface area contributed by atoms with Gasteiger partial charge in [0.2, 0.25) is 0 Å². The Bertz CT molecular complexity index is 228. The minimum atomic E-state index is -3.09. The summed E-state index contributed by atoms with van der Waals surface area (Å²) in [4.78, 5) is 0. The Kier molecular flexibility index (Phi) is 1.92. The maximum Gasteiger partial charge on any atom is 0.163 e. The summed E-state index contributed by atoms with van der Waals surface area (Å²) in [7, 11) is -3.09. The molecule has 2 nitrogen and oxygen atoms in total. The third-order valence-electron chi connectivity index (χ3n) is 1.27. The molecule has 0 bridgehead atoms. The van der Waals surface area contributed by atoms with Gasteiger partial charge in [0.15, 0.2) is 9.84 Å². The van der Waals surface area contributed by atoms with Crippen LogP contribution in [0.1, 0.15) is 13.8 Å². The standard InChI is InChI=1S/C6H10O2S/c1-5-6(2,3)9(4,7)8/h1H,2-4H3. The third-order valence-corrected chi connectivity index (χ3v) is 3.25. The summed E-state index contributed by atoms with van der Waals surface area (Å²) < 4.78 is 20.5. The quantitative estimate of drug-likeness (QED) is 0.503.